The van der Waals surface area contributed by atoms with Crippen molar-refractivity contribution in [3.8, 4) is 0 Å². The number of hydrogen-bond acceptors (Lipinski definition) is 4. The maximum Gasteiger partial charge on any atom is 0.281 e. The topological polar surface area (TPSA) is 61.9 Å². The molecule has 1 saturated heterocycles. The van der Waals surface area contributed by atoms with E-state index in [0.29, 0.717) is 19.6 Å². The number of ether oxygens (including phenoxy) is 1. The molecule has 1 aliphatic rings. The first-order valence-corrected chi connectivity index (χ1v) is 8.12. The van der Waals surface area contributed by atoms with Crippen LogP contribution in [-0.2, 0) is 14.9 Å². The van der Waals surface area contributed by atoms with Crippen LogP contribution in [0, 0.1) is 0 Å². The molecule has 1 fully saturated rings. The lowest BCUT2D eigenvalue weighted by molar-refractivity contribution is -0.110. The normalized spacial score (nSPS) is 24.8. The first-order valence-electron chi connectivity index (χ1n) is 6.73. The molecule has 1 N–H and O–H groups in total. The Morgan fingerprint density at radius 2 is 2.11 bits per heavy atom. The minimum Gasteiger partial charge on any atom is -0.370 e. The maximum absolute atomic E-state index is 12.5. The zero-order valence-corrected chi connectivity index (χ0v) is 13.5. The van der Waals surface area contributed by atoms with Crippen molar-refractivity contribution in [1.82, 2.24) is 13.9 Å². The summed E-state index contributed by atoms with van der Waals surface area (Å²) in [5.74, 6) is 0. The van der Waals surface area contributed by atoms with Gasteiger partial charge in [-0.3, -0.25) is 0 Å². The number of rotatable bonds is 6. The monoisotopic (exact) mass is 293 g/mol. The first kappa shape index (κ1) is 16.8. The van der Waals surface area contributed by atoms with E-state index in [1.54, 1.807) is 7.05 Å². The second kappa shape index (κ2) is 6.49. The lowest BCUT2D eigenvalue weighted by Crippen LogP contribution is -2.56. The van der Waals surface area contributed by atoms with E-state index in [2.05, 4.69) is 5.32 Å². The van der Waals surface area contributed by atoms with Gasteiger partial charge in [0.15, 0.2) is 0 Å². The minimum absolute atomic E-state index is 0.0794. The van der Waals surface area contributed by atoms with Crippen LogP contribution in [0.1, 0.15) is 27.2 Å². The Morgan fingerprint density at radius 1 is 1.47 bits per heavy atom. The molecule has 6 nitrogen and oxygen atoms in total. The molecule has 1 atom stereocenters. The van der Waals surface area contributed by atoms with Crippen molar-refractivity contribution in [3.63, 3.8) is 0 Å². The summed E-state index contributed by atoms with van der Waals surface area (Å²) >= 11 is 0. The summed E-state index contributed by atoms with van der Waals surface area (Å²) in [6, 6.07) is 0. The molecule has 0 radical (unpaired) electrons. The van der Waals surface area contributed by atoms with Gasteiger partial charge < -0.3 is 10.1 Å². The molecule has 0 aromatic rings. The van der Waals surface area contributed by atoms with Crippen molar-refractivity contribution in [1.29, 1.82) is 0 Å². The third-order valence-corrected chi connectivity index (χ3v) is 5.06. The Hall–Kier alpha value is -0.210. The number of morpholine rings is 1. The zero-order valence-electron chi connectivity index (χ0n) is 12.6. The summed E-state index contributed by atoms with van der Waals surface area (Å²) in [7, 11) is 0.111. The summed E-state index contributed by atoms with van der Waals surface area (Å²) in [6.45, 7) is 7.90. The van der Waals surface area contributed by atoms with Gasteiger partial charge in [-0.2, -0.15) is 17.0 Å². The highest BCUT2D eigenvalue weighted by atomic mass is 32.2. The van der Waals surface area contributed by atoms with E-state index >= 15 is 0 Å². The smallest absolute Gasteiger partial charge is 0.281 e. The number of nitrogens with one attached hydrogen (secondary N) is 1. The Labute approximate surface area is 117 Å². The first-order chi connectivity index (χ1) is 8.69. The van der Waals surface area contributed by atoms with Crippen LogP contribution in [0.4, 0.5) is 0 Å². The SMILES string of the molecule is CNCCCN(C)S(=O)(=O)N1CC(C)OC(C)(C)C1. The van der Waals surface area contributed by atoms with Crippen molar-refractivity contribution in [3.05, 3.63) is 0 Å². The highest BCUT2D eigenvalue weighted by molar-refractivity contribution is 7.86. The van der Waals surface area contributed by atoms with Crippen molar-refractivity contribution in [2.75, 3.05) is 40.3 Å². The average molecular weight is 293 g/mol. The van der Waals surface area contributed by atoms with Crippen molar-refractivity contribution >= 4 is 10.2 Å². The van der Waals surface area contributed by atoms with Gasteiger partial charge in [0.05, 0.1) is 11.7 Å². The quantitative estimate of drug-likeness (QED) is 0.714. The zero-order chi connectivity index (χ0) is 14.7. The molecule has 0 bridgehead atoms. The van der Waals surface area contributed by atoms with E-state index in [1.165, 1.54) is 8.61 Å². The lowest BCUT2D eigenvalue weighted by atomic mass is 10.1. The van der Waals surface area contributed by atoms with E-state index in [0.717, 1.165) is 13.0 Å². The standard InChI is InChI=1S/C12H27N3O3S/c1-11-9-15(10-12(2,3)18-11)19(16,17)14(5)8-6-7-13-4/h11,13H,6-10H2,1-5H3. The number of nitrogens with zero attached hydrogens (tertiary/aromatic N) is 2. The van der Waals surface area contributed by atoms with Gasteiger partial charge in [-0.05, 0) is 40.8 Å². The highest BCUT2D eigenvalue weighted by Gasteiger charge is 2.38. The third kappa shape index (κ3) is 4.68. The van der Waals surface area contributed by atoms with Gasteiger partial charge in [-0.1, -0.05) is 0 Å². The van der Waals surface area contributed by atoms with E-state index < -0.39 is 15.8 Å². The van der Waals surface area contributed by atoms with Gasteiger partial charge in [0.25, 0.3) is 10.2 Å². The molecule has 0 aromatic heterocycles. The molecule has 1 rings (SSSR count). The Balaban J connectivity index is 2.70. The Kier molecular flexibility index (Phi) is 5.76. The van der Waals surface area contributed by atoms with Crippen LogP contribution in [-0.4, -0.2) is 69.0 Å². The fraction of sp³-hybridized carbons (Fsp3) is 1.00. The fourth-order valence-corrected chi connectivity index (χ4v) is 3.99. The molecule has 0 amide bonds. The van der Waals surface area contributed by atoms with Crippen molar-refractivity contribution in [2.45, 2.75) is 38.9 Å². The van der Waals surface area contributed by atoms with Crippen LogP contribution in [0.5, 0.6) is 0 Å². The summed E-state index contributed by atoms with van der Waals surface area (Å²) in [4.78, 5) is 0. The van der Waals surface area contributed by atoms with E-state index in [4.69, 9.17) is 4.74 Å². The maximum atomic E-state index is 12.5. The molecular formula is C12H27N3O3S. The van der Waals surface area contributed by atoms with Gasteiger partial charge in [0, 0.05) is 26.7 Å². The molecule has 1 unspecified atom stereocenters. The summed E-state index contributed by atoms with van der Waals surface area (Å²) < 4.78 is 33.7. The van der Waals surface area contributed by atoms with Crippen molar-refractivity contribution < 1.29 is 13.2 Å². The molecule has 0 saturated carbocycles. The van der Waals surface area contributed by atoms with Crippen LogP contribution >= 0.6 is 0 Å². The van der Waals surface area contributed by atoms with Gasteiger partial charge in [0.2, 0.25) is 0 Å². The fourth-order valence-electron chi connectivity index (χ4n) is 2.36. The summed E-state index contributed by atoms with van der Waals surface area (Å²) in [5.41, 5.74) is -0.434. The van der Waals surface area contributed by atoms with E-state index in [1.807, 2.05) is 27.8 Å². The molecule has 0 aromatic carbocycles. The minimum atomic E-state index is -3.39. The average Bonchev–Trinajstić information content (AvgIpc) is 2.26. The van der Waals surface area contributed by atoms with Crippen LogP contribution < -0.4 is 5.32 Å². The lowest BCUT2D eigenvalue weighted by Gasteiger charge is -2.42. The molecule has 114 valence electrons. The molecule has 0 aliphatic carbocycles. The molecular weight excluding hydrogens is 266 g/mol. The van der Waals surface area contributed by atoms with Crippen LogP contribution in [0.3, 0.4) is 0 Å². The third-order valence-electron chi connectivity index (χ3n) is 3.16. The largest absolute Gasteiger partial charge is 0.370 e. The highest BCUT2D eigenvalue weighted by Crippen LogP contribution is 2.23. The molecule has 19 heavy (non-hydrogen) atoms. The van der Waals surface area contributed by atoms with Crippen LogP contribution in [0.2, 0.25) is 0 Å². The van der Waals surface area contributed by atoms with E-state index in [-0.39, 0.29) is 6.10 Å². The van der Waals surface area contributed by atoms with Gasteiger partial charge in [-0.25, -0.2) is 0 Å². The Bertz CT molecular complexity index is 384. The molecule has 0 spiro atoms. The molecule has 1 aliphatic heterocycles. The van der Waals surface area contributed by atoms with Crippen molar-refractivity contribution in [2.24, 2.45) is 0 Å². The van der Waals surface area contributed by atoms with Gasteiger partial charge in [0.1, 0.15) is 0 Å². The molecule has 7 heteroatoms. The second-order valence-electron chi connectivity index (χ2n) is 5.77. The van der Waals surface area contributed by atoms with Crippen LogP contribution in [0.25, 0.3) is 0 Å². The van der Waals surface area contributed by atoms with Crippen LogP contribution in [0.15, 0.2) is 0 Å². The number of hydrogen-bond donors (Lipinski definition) is 1. The predicted molar refractivity (Wildman–Crippen MR) is 76.3 cm³/mol. The van der Waals surface area contributed by atoms with Gasteiger partial charge in [-0.15, -0.1) is 0 Å². The molecule has 1 heterocycles. The second-order valence-corrected chi connectivity index (χ2v) is 7.80. The summed E-state index contributed by atoms with van der Waals surface area (Å²) in [5, 5.41) is 3.02. The predicted octanol–water partition coefficient (Wildman–Crippen LogP) is 0.272. The van der Waals surface area contributed by atoms with E-state index in [9.17, 15) is 8.42 Å². The summed E-state index contributed by atoms with van der Waals surface area (Å²) in [6.07, 6.45) is 0.722. The Morgan fingerprint density at radius 3 is 2.63 bits per heavy atom. The van der Waals surface area contributed by atoms with Gasteiger partial charge >= 0.3 is 0 Å².